The smallest absolute Gasteiger partial charge is 0.243 e. The van der Waals surface area contributed by atoms with Crippen LogP contribution in [0.1, 0.15) is 11.3 Å². The number of aromatic nitrogens is 2. The third-order valence-electron chi connectivity index (χ3n) is 5.04. The fraction of sp³-hybridized carbons (Fsp3) is 0.273. The molecule has 1 N–H and O–H groups in total. The summed E-state index contributed by atoms with van der Waals surface area (Å²) in [5.74, 6) is 1.33. The average molecular weight is 424 g/mol. The Labute approximate surface area is 177 Å². The van der Waals surface area contributed by atoms with Crippen LogP contribution in [0.4, 0.5) is 17.5 Å². The Hall–Kier alpha value is -2.97. The highest BCUT2D eigenvalue weighted by atomic mass is 32.2. The normalized spacial score (nSPS) is 15.2. The second-order valence-corrected chi connectivity index (χ2v) is 9.33. The number of para-hydroxylation sites is 1. The lowest BCUT2D eigenvalue weighted by Crippen LogP contribution is -2.49. The van der Waals surface area contributed by atoms with Crippen molar-refractivity contribution in [3.05, 3.63) is 71.9 Å². The van der Waals surface area contributed by atoms with E-state index in [1.54, 1.807) is 18.2 Å². The third-order valence-corrected chi connectivity index (χ3v) is 6.93. The number of benzene rings is 2. The van der Waals surface area contributed by atoms with Crippen molar-refractivity contribution in [1.29, 1.82) is 0 Å². The molecule has 0 amide bonds. The van der Waals surface area contributed by atoms with E-state index < -0.39 is 10.0 Å². The van der Waals surface area contributed by atoms with E-state index in [1.165, 1.54) is 4.31 Å². The Morgan fingerprint density at radius 3 is 2.30 bits per heavy atom. The van der Waals surface area contributed by atoms with Crippen molar-refractivity contribution in [2.24, 2.45) is 0 Å². The van der Waals surface area contributed by atoms with Gasteiger partial charge in [-0.3, -0.25) is 0 Å². The van der Waals surface area contributed by atoms with Crippen LogP contribution < -0.4 is 10.2 Å². The van der Waals surface area contributed by atoms with E-state index in [0.29, 0.717) is 37.0 Å². The molecule has 2 aromatic carbocycles. The van der Waals surface area contributed by atoms with Crippen LogP contribution in [-0.2, 0) is 10.0 Å². The second-order valence-electron chi connectivity index (χ2n) is 7.39. The minimum absolute atomic E-state index is 0.345. The minimum Gasteiger partial charge on any atom is -0.340 e. The fourth-order valence-corrected chi connectivity index (χ4v) is 5.01. The number of piperazine rings is 1. The molecule has 0 saturated carbocycles. The zero-order chi connectivity index (χ0) is 21.1. The summed E-state index contributed by atoms with van der Waals surface area (Å²) in [6.07, 6.45) is 0. The van der Waals surface area contributed by atoms with Gasteiger partial charge in [0.15, 0.2) is 0 Å². The summed E-state index contributed by atoms with van der Waals surface area (Å²) in [6.45, 7) is 5.70. The summed E-state index contributed by atoms with van der Waals surface area (Å²) >= 11 is 0. The minimum atomic E-state index is -3.49. The first-order chi connectivity index (χ1) is 14.4. The predicted octanol–water partition coefficient (Wildman–Crippen LogP) is 3.35. The molecule has 4 rings (SSSR count). The lowest BCUT2D eigenvalue weighted by Gasteiger charge is -2.34. The van der Waals surface area contributed by atoms with Gasteiger partial charge in [0.2, 0.25) is 16.0 Å². The summed E-state index contributed by atoms with van der Waals surface area (Å²) in [5.41, 5.74) is 2.74. The summed E-state index contributed by atoms with van der Waals surface area (Å²) in [5, 5.41) is 3.30. The first kappa shape index (κ1) is 20.3. The van der Waals surface area contributed by atoms with Crippen LogP contribution in [-0.4, -0.2) is 48.9 Å². The molecule has 7 nitrogen and oxygen atoms in total. The fourth-order valence-electron chi connectivity index (χ4n) is 3.48. The van der Waals surface area contributed by atoms with Gasteiger partial charge >= 0.3 is 0 Å². The highest BCUT2D eigenvalue weighted by Crippen LogP contribution is 2.22. The van der Waals surface area contributed by atoms with E-state index in [-0.39, 0.29) is 0 Å². The van der Waals surface area contributed by atoms with E-state index in [0.717, 1.165) is 22.8 Å². The number of rotatable bonds is 5. The third kappa shape index (κ3) is 4.44. The highest BCUT2D eigenvalue weighted by molar-refractivity contribution is 7.89. The topological polar surface area (TPSA) is 78.4 Å². The number of hydrogen-bond donors (Lipinski definition) is 1. The molecule has 0 radical (unpaired) electrons. The van der Waals surface area contributed by atoms with Gasteiger partial charge in [0.1, 0.15) is 5.82 Å². The van der Waals surface area contributed by atoms with E-state index >= 15 is 0 Å². The van der Waals surface area contributed by atoms with Crippen LogP contribution in [0.15, 0.2) is 65.6 Å². The first-order valence-electron chi connectivity index (χ1n) is 9.91. The predicted molar refractivity (Wildman–Crippen MR) is 119 cm³/mol. The van der Waals surface area contributed by atoms with Crippen molar-refractivity contribution in [1.82, 2.24) is 14.3 Å². The molecule has 2 heterocycles. The van der Waals surface area contributed by atoms with Gasteiger partial charge in [0.05, 0.1) is 4.90 Å². The number of aryl methyl sites for hydroxylation is 2. The lowest BCUT2D eigenvalue weighted by molar-refractivity contribution is 0.382. The number of nitrogens with one attached hydrogen (secondary N) is 1. The molecule has 3 aromatic rings. The van der Waals surface area contributed by atoms with Gasteiger partial charge in [-0.1, -0.05) is 30.3 Å². The van der Waals surface area contributed by atoms with Crippen molar-refractivity contribution in [3.8, 4) is 0 Å². The van der Waals surface area contributed by atoms with Crippen molar-refractivity contribution in [2.75, 3.05) is 36.4 Å². The van der Waals surface area contributed by atoms with Gasteiger partial charge in [-0.25, -0.2) is 13.4 Å². The summed E-state index contributed by atoms with van der Waals surface area (Å²) < 4.78 is 27.5. The van der Waals surface area contributed by atoms with Crippen LogP contribution >= 0.6 is 0 Å². The number of anilines is 3. The molecule has 8 heteroatoms. The van der Waals surface area contributed by atoms with Gasteiger partial charge in [-0.15, -0.1) is 0 Å². The van der Waals surface area contributed by atoms with Crippen LogP contribution in [0.3, 0.4) is 0 Å². The molecule has 1 aromatic heterocycles. The molecule has 1 aliphatic rings. The molecule has 0 aliphatic carbocycles. The Bertz CT molecular complexity index is 1130. The molecule has 1 aliphatic heterocycles. The first-order valence-corrected chi connectivity index (χ1v) is 11.4. The van der Waals surface area contributed by atoms with Crippen LogP contribution in [0.25, 0.3) is 0 Å². The van der Waals surface area contributed by atoms with E-state index in [9.17, 15) is 8.42 Å². The maximum absolute atomic E-state index is 13.0. The van der Waals surface area contributed by atoms with E-state index in [4.69, 9.17) is 0 Å². The molecular weight excluding hydrogens is 398 g/mol. The summed E-state index contributed by atoms with van der Waals surface area (Å²) in [7, 11) is -3.49. The number of sulfonamides is 1. The molecule has 30 heavy (non-hydrogen) atoms. The molecule has 156 valence electrons. The molecule has 0 bridgehead atoms. The maximum Gasteiger partial charge on any atom is 0.243 e. The van der Waals surface area contributed by atoms with Crippen LogP contribution in [0.2, 0.25) is 0 Å². The molecule has 1 saturated heterocycles. The summed E-state index contributed by atoms with van der Waals surface area (Å²) in [4.78, 5) is 11.6. The molecule has 0 atom stereocenters. The summed E-state index contributed by atoms with van der Waals surface area (Å²) in [6, 6.07) is 18.8. The zero-order valence-electron chi connectivity index (χ0n) is 17.1. The second kappa shape index (κ2) is 8.41. The van der Waals surface area contributed by atoms with Crippen LogP contribution in [0.5, 0.6) is 0 Å². The quantitative estimate of drug-likeness (QED) is 0.678. The molecule has 0 unspecified atom stereocenters. The van der Waals surface area contributed by atoms with Gasteiger partial charge in [0, 0.05) is 43.6 Å². The van der Waals surface area contributed by atoms with Crippen molar-refractivity contribution < 1.29 is 8.42 Å². The van der Waals surface area contributed by atoms with Crippen molar-refractivity contribution in [2.45, 2.75) is 18.7 Å². The maximum atomic E-state index is 13.0. The Kier molecular flexibility index (Phi) is 5.69. The van der Waals surface area contributed by atoms with E-state index in [2.05, 4.69) is 15.3 Å². The molecular formula is C22H25N5O2S. The average Bonchev–Trinajstić information content (AvgIpc) is 2.74. The standard InChI is InChI=1S/C22H25N5O2S/c1-17-7-6-10-20(15-17)30(28,29)27-13-11-26(12-14-27)22-23-18(2)16-21(25-22)24-19-8-4-3-5-9-19/h3-10,15-16H,11-14H2,1-2H3,(H,23,24,25). The van der Waals surface area contributed by atoms with Crippen LogP contribution in [0, 0.1) is 13.8 Å². The van der Waals surface area contributed by atoms with Gasteiger partial charge in [-0.2, -0.15) is 9.29 Å². The Morgan fingerprint density at radius 1 is 0.867 bits per heavy atom. The highest BCUT2D eigenvalue weighted by Gasteiger charge is 2.29. The van der Waals surface area contributed by atoms with Crippen molar-refractivity contribution in [3.63, 3.8) is 0 Å². The van der Waals surface area contributed by atoms with Gasteiger partial charge in [-0.05, 0) is 43.7 Å². The zero-order valence-corrected chi connectivity index (χ0v) is 17.9. The Balaban J connectivity index is 1.47. The number of nitrogens with zero attached hydrogens (tertiary/aromatic N) is 4. The van der Waals surface area contributed by atoms with E-state index in [1.807, 2.05) is 61.2 Å². The SMILES string of the molecule is Cc1cccc(S(=O)(=O)N2CCN(c3nc(C)cc(Nc4ccccc4)n3)CC2)c1. The van der Waals surface area contributed by atoms with Gasteiger partial charge in [0.25, 0.3) is 0 Å². The molecule has 1 fully saturated rings. The molecule has 0 spiro atoms. The van der Waals surface area contributed by atoms with Gasteiger partial charge < -0.3 is 10.2 Å². The monoisotopic (exact) mass is 423 g/mol. The Morgan fingerprint density at radius 2 is 1.60 bits per heavy atom. The lowest BCUT2D eigenvalue weighted by atomic mass is 10.2. The number of hydrogen-bond acceptors (Lipinski definition) is 6. The largest absolute Gasteiger partial charge is 0.340 e. The van der Waals surface area contributed by atoms with Crippen molar-refractivity contribution >= 4 is 27.5 Å².